The Bertz CT molecular complexity index is 384. The maximum atomic E-state index is 11.1. The largest absolute Gasteiger partial charge is 0.468 e. The monoisotopic (exact) mass is 239 g/mol. The van der Waals surface area contributed by atoms with Crippen molar-refractivity contribution < 1.29 is 9.53 Å². The van der Waals surface area contributed by atoms with Crippen LogP contribution in [-0.2, 0) is 16.1 Å². The molecule has 1 aliphatic heterocycles. The van der Waals surface area contributed by atoms with Crippen LogP contribution < -0.4 is 4.90 Å². The van der Waals surface area contributed by atoms with E-state index in [4.69, 9.17) is 0 Å². The normalized spacial score (nSPS) is 17.2. The van der Waals surface area contributed by atoms with Crippen molar-refractivity contribution in [3.05, 3.63) is 6.20 Å². The van der Waals surface area contributed by atoms with Gasteiger partial charge in [0.25, 0.3) is 0 Å². The molecule has 0 amide bonds. The van der Waals surface area contributed by atoms with Gasteiger partial charge in [0.2, 0.25) is 0 Å². The summed E-state index contributed by atoms with van der Waals surface area (Å²) in [4.78, 5) is 15.5. The lowest BCUT2D eigenvalue weighted by Gasteiger charge is -2.31. The molecule has 7 heteroatoms. The molecule has 0 aromatic carbocycles. The lowest BCUT2D eigenvalue weighted by Crippen LogP contribution is -2.44. The minimum absolute atomic E-state index is 0.108. The molecular formula is C10H17N5O2. The predicted octanol–water partition coefficient (Wildman–Crippen LogP) is -0.797. The highest BCUT2D eigenvalue weighted by molar-refractivity contribution is 5.68. The molecule has 7 nitrogen and oxygen atoms in total. The van der Waals surface area contributed by atoms with Gasteiger partial charge in [-0.15, -0.1) is 5.10 Å². The van der Waals surface area contributed by atoms with Crippen LogP contribution in [0.1, 0.15) is 0 Å². The molecule has 1 aromatic rings. The molecule has 0 N–H and O–H groups in total. The molecule has 1 fully saturated rings. The van der Waals surface area contributed by atoms with Crippen molar-refractivity contribution in [2.24, 2.45) is 0 Å². The van der Waals surface area contributed by atoms with Crippen LogP contribution in [0.4, 0.5) is 5.82 Å². The van der Waals surface area contributed by atoms with E-state index < -0.39 is 0 Å². The highest BCUT2D eigenvalue weighted by Crippen LogP contribution is 2.11. The van der Waals surface area contributed by atoms with E-state index in [1.54, 1.807) is 6.20 Å². The topological polar surface area (TPSA) is 63.5 Å². The molecule has 94 valence electrons. The van der Waals surface area contributed by atoms with Crippen molar-refractivity contribution in [1.82, 2.24) is 19.9 Å². The van der Waals surface area contributed by atoms with Gasteiger partial charge in [-0.3, -0.25) is 4.79 Å². The summed E-state index contributed by atoms with van der Waals surface area (Å²) in [5.74, 6) is 0.502. The fraction of sp³-hybridized carbons (Fsp3) is 0.700. The first kappa shape index (κ1) is 11.8. The number of carbonyl (C=O) groups excluding carboxylic acids is 1. The van der Waals surface area contributed by atoms with Gasteiger partial charge in [-0.05, 0) is 7.05 Å². The Morgan fingerprint density at radius 2 is 2.12 bits per heavy atom. The number of ether oxygens (including phenoxy) is 1. The zero-order valence-electron chi connectivity index (χ0n) is 10.2. The van der Waals surface area contributed by atoms with Crippen molar-refractivity contribution in [3.8, 4) is 0 Å². The summed E-state index contributed by atoms with van der Waals surface area (Å²) in [6.45, 7) is 4.02. The molecule has 2 heterocycles. The van der Waals surface area contributed by atoms with Crippen LogP contribution in [0, 0.1) is 0 Å². The van der Waals surface area contributed by atoms with Crippen LogP contribution in [0.2, 0.25) is 0 Å². The quantitative estimate of drug-likeness (QED) is 0.644. The number of rotatable bonds is 3. The molecule has 17 heavy (non-hydrogen) atoms. The second kappa shape index (κ2) is 5.13. The number of hydrogen-bond acceptors (Lipinski definition) is 6. The van der Waals surface area contributed by atoms with Gasteiger partial charge in [0.05, 0.1) is 13.3 Å². The van der Waals surface area contributed by atoms with Crippen LogP contribution in [0.25, 0.3) is 0 Å². The highest BCUT2D eigenvalue weighted by Gasteiger charge is 2.17. The summed E-state index contributed by atoms with van der Waals surface area (Å²) >= 11 is 0. The lowest BCUT2D eigenvalue weighted by molar-refractivity contribution is -0.141. The molecule has 0 saturated carbocycles. The molecule has 0 radical (unpaired) electrons. The zero-order chi connectivity index (χ0) is 12.3. The third-order valence-corrected chi connectivity index (χ3v) is 2.87. The third-order valence-electron chi connectivity index (χ3n) is 2.87. The van der Waals surface area contributed by atoms with Gasteiger partial charge in [-0.25, -0.2) is 4.68 Å². The Hall–Kier alpha value is -1.63. The maximum absolute atomic E-state index is 11.1. The van der Waals surface area contributed by atoms with Gasteiger partial charge in [0.1, 0.15) is 6.54 Å². The van der Waals surface area contributed by atoms with Crippen LogP contribution in [0.3, 0.4) is 0 Å². The van der Waals surface area contributed by atoms with Gasteiger partial charge in [0, 0.05) is 26.2 Å². The minimum Gasteiger partial charge on any atom is -0.468 e. The molecule has 1 aromatic heterocycles. The van der Waals surface area contributed by atoms with E-state index >= 15 is 0 Å². The molecule has 0 unspecified atom stereocenters. The Morgan fingerprint density at radius 1 is 1.41 bits per heavy atom. The number of anilines is 1. The van der Waals surface area contributed by atoms with Gasteiger partial charge in [0.15, 0.2) is 5.82 Å². The van der Waals surface area contributed by atoms with Crippen LogP contribution >= 0.6 is 0 Å². The average molecular weight is 239 g/mol. The second-order valence-corrected chi connectivity index (χ2v) is 4.14. The number of nitrogens with zero attached hydrogens (tertiary/aromatic N) is 5. The first-order valence-electron chi connectivity index (χ1n) is 5.59. The first-order valence-corrected chi connectivity index (χ1v) is 5.59. The second-order valence-electron chi connectivity index (χ2n) is 4.14. The predicted molar refractivity (Wildman–Crippen MR) is 61.7 cm³/mol. The summed E-state index contributed by atoms with van der Waals surface area (Å²) in [6.07, 6.45) is 1.78. The first-order chi connectivity index (χ1) is 8.19. The van der Waals surface area contributed by atoms with Crippen molar-refractivity contribution in [3.63, 3.8) is 0 Å². The molecule has 0 bridgehead atoms. The Kier molecular flexibility index (Phi) is 3.58. The Balaban J connectivity index is 1.96. The molecule has 0 aliphatic carbocycles. The van der Waals surface area contributed by atoms with Crippen LogP contribution in [0.5, 0.6) is 0 Å². The standard InChI is InChI=1S/C10H17N5O2/c1-13-3-5-14(6-4-13)9-7-15(12-11-9)8-10(16)17-2/h7H,3-6,8H2,1-2H3. The fourth-order valence-electron chi connectivity index (χ4n) is 1.74. The Morgan fingerprint density at radius 3 is 2.76 bits per heavy atom. The molecule has 1 saturated heterocycles. The van der Waals surface area contributed by atoms with E-state index in [1.165, 1.54) is 11.8 Å². The van der Waals surface area contributed by atoms with Crippen molar-refractivity contribution in [2.45, 2.75) is 6.54 Å². The number of esters is 1. The van der Waals surface area contributed by atoms with E-state index in [1.807, 2.05) is 0 Å². The Labute approximate surface area is 99.9 Å². The van der Waals surface area contributed by atoms with Crippen LogP contribution in [0.15, 0.2) is 6.20 Å². The number of carbonyl (C=O) groups is 1. The van der Waals surface area contributed by atoms with E-state index in [9.17, 15) is 4.79 Å². The third kappa shape index (κ3) is 2.94. The molecular weight excluding hydrogens is 222 g/mol. The molecule has 1 aliphatic rings. The summed E-state index contributed by atoms with van der Waals surface area (Å²) in [7, 11) is 3.46. The summed E-state index contributed by atoms with van der Waals surface area (Å²) < 4.78 is 6.07. The fourth-order valence-corrected chi connectivity index (χ4v) is 1.74. The zero-order valence-corrected chi connectivity index (χ0v) is 10.2. The number of piperazine rings is 1. The van der Waals surface area contributed by atoms with E-state index in [0.29, 0.717) is 0 Å². The number of likely N-dealkylation sites (N-methyl/N-ethyl adjacent to an activating group) is 1. The average Bonchev–Trinajstić information content (AvgIpc) is 2.78. The number of aromatic nitrogens is 3. The van der Waals surface area contributed by atoms with E-state index in [2.05, 4.69) is 31.9 Å². The van der Waals surface area contributed by atoms with E-state index in [-0.39, 0.29) is 12.5 Å². The minimum atomic E-state index is -0.320. The lowest BCUT2D eigenvalue weighted by atomic mass is 10.3. The SMILES string of the molecule is COC(=O)Cn1cc(N2CCN(C)CC2)nn1. The number of methoxy groups -OCH3 is 1. The summed E-state index contributed by atoms with van der Waals surface area (Å²) in [6, 6.07) is 0. The smallest absolute Gasteiger partial charge is 0.327 e. The van der Waals surface area contributed by atoms with Crippen molar-refractivity contribution in [1.29, 1.82) is 0 Å². The van der Waals surface area contributed by atoms with E-state index in [0.717, 1.165) is 32.0 Å². The molecule has 2 rings (SSSR count). The van der Waals surface area contributed by atoms with Crippen LogP contribution in [-0.4, -0.2) is 66.2 Å². The van der Waals surface area contributed by atoms with Gasteiger partial charge in [-0.1, -0.05) is 5.21 Å². The molecule has 0 spiro atoms. The highest BCUT2D eigenvalue weighted by atomic mass is 16.5. The summed E-state index contributed by atoms with van der Waals surface area (Å²) in [5, 5.41) is 7.97. The van der Waals surface area contributed by atoms with Gasteiger partial charge in [-0.2, -0.15) is 0 Å². The number of hydrogen-bond donors (Lipinski definition) is 0. The summed E-state index contributed by atoms with van der Waals surface area (Å²) in [5.41, 5.74) is 0. The van der Waals surface area contributed by atoms with Crippen molar-refractivity contribution in [2.75, 3.05) is 45.2 Å². The maximum Gasteiger partial charge on any atom is 0.327 e. The van der Waals surface area contributed by atoms with Crippen molar-refractivity contribution >= 4 is 11.8 Å². The molecule has 0 atom stereocenters. The van der Waals surface area contributed by atoms with Gasteiger partial charge >= 0.3 is 5.97 Å². The van der Waals surface area contributed by atoms with Gasteiger partial charge < -0.3 is 14.5 Å².